The van der Waals surface area contributed by atoms with Gasteiger partial charge < -0.3 is 9.72 Å². The number of H-pyrrole nitrogens is 1. The van der Waals surface area contributed by atoms with E-state index in [0.717, 1.165) is 16.8 Å². The summed E-state index contributed by atoms with van der Waals surface area (Å²) in [5.41, 5.74) is 2.34. The average molecular weight is 491 g/mol. The molecule has 0 radical (unpaired) electrons. The molecule has 0 saturated heterocycles. The summed E-state index contributed by atoms with van der Waals surface area (Å²) >= 11 is 0. The van der Waals surface area contributed by atoms with Crippen molar-refractivity contribution in [1.82, 2.24) is 19.8 Å². The zero-order valence-electron chi connectivity index (χ0n) is 22.0. The fraction of sp³-hybridized carbons (Fsp3) is 0.414. The molecule has 36 heavy (non-hydrogen) atoms. The number of amides is 2. The van der Waals surface area contributed by atoms with Gasteiger partial charge in [-0.3, -0.25) is 9.69 Å². The highest BCUT2D eigenvalue weighted by atomic mass is 16.6. The second-order valence-corrected chi connectivity index (χ2v) is 10.4. The lowest BCUT2D eigenvalue weighted by Crippen LogP contribution is -2.53. The smallest absolute Gasteiger partial charge is 0.417 e. The van der Waals surface area contributed by atoms with Crippen LogP contribution in [0.25, 0.3) is 0 Å². The first-order chi connectivity index (χ1) is 17.1. The number of nitrogens with one attached hydrogen (secondary N) is 1. The molecule has 0 aliphatic heterocycles. The number of aromatic amines is 1. The normalized spacial score (nSPS) is 12.5. The predicted molar refractivity (Wildman–Crippen MR) is 141 cm³/mol. The first-order valence-electron chi connectivity index (χ1n) is 12.5. The number of hydrogen-bond acceptors (Lipinski definition) is 5. The van der Waals surface area contributed by atoms with E-state index < -0.39 is 17.7 Å². The lowest BCUT2D eigenvalue weighted by Gasteiger charge is -2.37. The van der Waals surface area contributed by atoms with Gasteiger partial charge in [-0.25, -0.2) is 14.7 Å². The molecule has 2 amide bonds. The SMILES string of the molecule is CC(C)[C@@H](C(=O)N(CCc1cnc[nH]1)C(=O)OC(C)(C)C)N(Cc1ccccc1)Cc1ccccc1. The highest BCUT2D eigenvalue weighted by Crippen LogP contribution is 2.22. The quantitative estimate of drug-likeness (QED) is 0.409. The second kappa shape index (κ2) is 12.5. The largest absolute Gasteiger partial charge is 0.443 e. The summed E-state index contributed by atoms with van der Waals surface area (Å²) in [5.74, 6) is -0.298. The Kier molecular flexibility index (Phi) is 9.42. The van der Waals surface area contributed by atoms with Crippen LogP contribution < -0.4 is 0 Å². The monoisotopic (exact) mass is 490 g/mol. The average Bonchev–Trinajstić information content (AvgIpc) is 3.33. The first kappa shape index (κ1) is 27.1. The molecule has 1 heterocycles. The molecule has 0 fully saturated rings. The molecule has 0 bridgehead atoms. The molecule has 1 N–H and O–H groups in total. The highest BCUT2D eigenvalue weighted by Gasteiger charge is 2.37. The third kappa shape index (κ3) is 8.05. The van der Waals surface area contributed by atoms with Crippen LogP contribution in [0.3, 0.4) is 0 Å². The molecular weight excluding hydrogens is 452 g/mol. The van der Waals surface area contributed by atoms with Gasteiger partial charge in [0.15, 0.2) is 0 Å². The number of benzene rings is 2. The van der Waals surface area contributed by atoms with Gasteiger partial charge in [-0.2, -0.15) is 0 Å². The van der Waals surface area contributed by atoms with E-state index in [1.54, 1.807) is 33.3 Å². The fourth-order valence-corrected chi connectivity index (χ4v) is 4.17. The van der Waals surface area contributed by atoms with Crippen molar-refractivity contribution < 1.29 is 14.3 Å². The molecule has 192 valence electrons. The summed E-state index contributed by atoms with van der Waals surface area (Å²) in [4.78, 5) is 37.9. The van der Waals surface area contributed by atoms with E-state index in [0.29, 0.717) is 19.5 Å². The van der Waals surface area contributed by atoms with Crippen molar-refractivity contribution >= 4 is 12.0 Å². The Bertz CT molecular complexity index is 1040. The molecule has 7 heteroatoms. The molecule has 3 aromatic rings. The molecule has 1 atom stereocenters. The Hall–Kier alpha value is -3.45. The Labute approximate surface area is 214 Å². The van der Waals surface area contributed by atoms with Crippen LogP contribution in [0.15, 0.2) is 73.2 Å². The van der Waals surface area contributed by atoms with Crippen LogP contribution in [0.5, 0.6) is 0 Å². The molecule has 0 spiro atoms. The summed E-state index contributed by atoms with van der Waals surface area (Å²) in [6.07, 6.45) is 3.13. The molecular formula is C29H38N4O3. The van der Waals surface area contributed by atoms with Gasteiger partial charge in [-0.1, -0.05) is 74.5 Å². The van der Waals surface area contributed by atoms with Crippen molar-refractivity contribution in [3.63, 3.8) is 0 Å². The molecule has 0 unspecified atom stereocenters. The number of carbonyl (C=O) groups excluding carboxylic acids is 2. The van der Waals surface area contributed by atoms with E-state index in [-0.39, 0.29) is 18.4 Å². The topological polar surface area (TPSA) is 78.5 Å². The van der Waals surface area contributed by atoms with Crippen LogP contribution in [-0.2, 0) is 29.0 Å². The maximum absolute atomic E-state index is 14.2. The minimum atomic E-state index is -0.718. The molecule has 2 aromatic carbocycles. The number of imide groups is 1. The van der Waals surface area contributed by atoms with Crippen molar-refractivity contribution in [3.8, 4) is 0 Å². The third-order valence-electron chi connectivity index (χ3n) is 5.77. The summed E-state index contributed by atoms with van der Waals surface area (Å²) in [6.45, 7) is 10.8. The van der Waals surface area contributed by atoms with Crippen molar-refractivity contribution in [2.24, 2.45) is 5.92 Å². The van der Waals surface area contributed by atoms with Gasteiger partial charge in [-0.15, -0.1) is 0 Å². The minimum absolute atomic E-state index is 0.0398. The van der Waals surface area contributed by atoms with E-state index >= 15 is 0 Å². The van der Waals surface area contributed by atoms with Gasteiger partial charge >= 0.3 is 6.09 Å². The first-order valence-corrected chi connectivity index (χ1v) is 12.5. The number of rotatable bonds is 10. The summed E-state index contributed by atoms with van der Waals surface area (Å²) in [5, 5.41) is 0. The predicted octanol–water partition coefficient (Wildman–Crippen LogP) is 5.44. The third-order valence-corrected chi connectivity index (χ3v) is 5.77. The molecule has 3 rings (SSSR count). The summed E-state index contributed by atoms with van der Waals surface area (Å²) in [6, 6.07) is 19.7. The van der Waals surface area contributed by atoms with Gasteiger partial charge in [0.05, 0.1) is 12.4 Å². The maximum Gasteiger partial charge on any atom is 0.417 e. The van der Waals surface area contributed by atoms with E-state index in [1.165, 1.54) is 4.90 Å². The van der Waals surface area contributed by atoms with Gasteiger partial charge in [0.2, 0.25) is 5.91 Å². The summed E-state index contributed by atoms with van der Waals surface area (Å²) in [7, 11) is 0. The Balaban J connectivity index is 1.93. The molecule has 7 nitrogen and oxygen atoms in total. The van der Waals surface area contributed by atoms with Crippen molar-refractivity contribution in [1.29, 1.82) is 0 Å². The van der Waals surface area contributed by atoms with Crippen molar-refractivity contribution in [3.05, 3.63) is 90.0 Å². The lowest BCUT2D eigenvalue weighted by atomic mass is 9.98. The highest BCUT2D eigenvalue weighted by molar-refractivity contribution is 5.95. The van der Waals surface area contributed by atoms with Crippen LogP contribution in [0, 0.1) is 5.92 Å². The standard InChI is InChI=1S/C29H38N4O3/c1-22(2)26(32(19-23-12-8-6-9-13-23)20-24-14-10-7-11-15-24)27(34)33(28(35)36-29(3,4)5)17-16-25-18-30-21-31-25/h6-15,18,21-22,26H,16-17,19-20H2,1-5H3,(H,30,31)/t26-/m0/s1. The van der Waals surface area contributed by atoms with E-state index in [1.807, 2.05) is 50.2 Å². The molecule has 0 aliphatic rings. The van der Waals surface area contributed by atoms with Crippen LogP contribution in [0.2, 0.25) is 0 Å². The van der Waals surface area contributed by atoms with Crippen LogP contribution in [0.4, 0.5) is 4.79 Å². The number of nitrogens with zero attached hydrogens (tertiary/aromatic N) is 3. The van der Waals surface area contributed by atoms with E-state index in [2.05, 4.69) is 39.1 Å². The van der Waals surface area contributed by atoms with Crippen LogP contribution in [0.1, 0.15) is 51.4 Å². The van der Waals surface area contributed by atoms with Crippen molar-refractivity contribution in [2.45, 2.75) is 65.8 Å². The second-order valence-electron chi connectivity index (χ2n) is 10.4. The number of ether oxygens (including phenoxy) is 1. The van der Waals surface area contributed by atoms with Gasteiger partial charge in [0.25, 0.3) is 0 Å². The zero-order chi connectivity index (χ0) is 26.1. The summed E-state index contributed by atoms with van der Waals surface area (Å²) < 4.78 is 5.66. The van der Waals surface area contributed by atoms with E-state index in [9.17, 15) is 9.59 Å². The molecule has 0 aliphatic carbocycles. The fourth-order valence-electron chi connectivity index (χ4n) is 4.17. The number of hydrogen-bond donors (Lipinski definition) is 1. The Morgan fingerprint density at radius 2 is 1.50 bits per heavy atom. The molecule has 0 saturated carbocycles. The lowest BCUT2D eigenvalue weighted by molar-refractivity contribution is -0.138. The Morgan fingerprint density at radius 1 is 0.944 bits per heavy atom. The number of imidazole rings is 1. The van der Waals surface area contributed by atoms with Crippen molar-refractivity contribution in [2.75, 3.05) is 6.54 Å². The van der Waals surface area contributed by atoms with E-state index in [4.69, 9.17) is 4.74 Å². The minimum Gasteiger partial charge on any atom is -0.443 e. The zero-order valence-corrected chi connectivity index (χ0v) is 22.0. The number of carbonyl (C=O) groups is 2. The van der Waals surface area contributed by atoms with Gasteiger partial charge in [0, 0.05) is 37.9 Å². The van der Waals surface area contributed by atoms with Gasteiger partial charge in [0.1, 0.15) is 5.60 Å². The molecule has 1 aromatic heterocycles. The van der Waals surface area contributed by atoms with Crippen LogP contribution >= 0.6 is 0 Å². The number of aromatic nitrogens is 2. The maximum atomic E-state index is 14.2. The Morgan fingerprint density at radius 3 is 1.94 bits per heavy atom. The van der Waals surface area contributed by atoms with Crippen LogP contribution in [-0.4, -0.2) is 50.0 Å². The van der Waals surface area contributed by atoms with Gasteiger partial charge in [-0.05, 0) is 37.8 Å².